The highest BCUT2D eigenvalue weighted by atomic mass is 32.1. The van der Waals surface area contributed by atoms with Gasteiger partial charge in [0.25, 0.3) is 0 Å². The highest BCUT2D eigenvalue weighted by molar-refractivity contribution is 7.71. The quantitative estimate of drug-likeness (QED) is 0.159. The summed E-state index contributed by atoms with van der Waals surface area (Å²) in [6.45, 7) is 4.29. The minimum absolute atomic E-state index is 0.297. The molecule has 0 spiro atoms. The SMILES string of the molecule is CC(C)c1nc2c3ccc(-c4ccc5c(c4)c4sccc4c4[nH]c(=S)[nH]c54)cc3c3cncnc3c2[nH]1. The molecule has 8 aromatic rings. The first-order valence-corrected chi connectivity index (χ1v) is 13.5. The van der Waals surface area contributed by atoms with E-state index in [2.05, 4.69) is 86.6 Å². The Bertz CT molecular complexity index is 2260. The van der Waals surface area contributed by atoms with Gasteiger partial charge in [-0.1, -0.05) is 38.1 Å². The predicted molar refractivity (Wildman–Crippen MR) is 156 cm³/mol. The van der Waals surface area contributed by atoms with Gasteiger partial charge in [-0.2, -0.15) is 0 Å². The van der Waals surface area contributed by atoms with Gasteiger partial charge in [-0.3, -0.25) is 0 Å². The molecule has 0 amide bonds. The number of hydrogen-bond donors (Lipinski definition) is 3. The average Bonchev–Trinajstić information content (AvgIpc) is 3.66. The smallest absolute Gasteiger partial charge is 0.175 e. The van der Waals surface area contributed by atoms with Crippen LogP contribution in [0.4, 0.5) is 0 Å². The Morgan fingerprint density at radius 2 is 1.51 bits per heavy atom. The number of hydrogen-bond acceptors (Lipinski definition) is 5. The number of benzene rings is 4. The summed E-state index contributed by atoms with van der Waals surface area (Å²) in [4.78, 5) is 24.2. The summed E-state index contributed by atoms with van der Waals surface area (Å²) in [5.41, 5.74) is 7.26. The summed E-state index contributed by atoms with van der Waals surface area (Å²) < 4.78 is 1.90. The van der Waals surface area contributed by atoms with Crippen molar-refractivity contribution in [1.82, 2.24) is 29.9 Å². The van der Waals surface area contributed by atoms with Crippen LogP contribution in [0.3, 0.4) is 0 Å². The van der Waals surface area contributed by atoms with E-state index in [-0.39, 0.29) is 0 Å². The van der Waals surface area contributed by atoms with Crippen LogP contribution in [0.2, 0.25) is 0 Å². The third-order valence-electron chi connectivity index (χ3n) is 7.31. The van der Waals surface area contributed by atoms with Crippen molar-refractivity contribution >= 4 is 88.2 Å². The maximum absolute atomic E-state index is 5.42. The lowest BCUT2D eigenvalue weighted by molar-refractivity contribution is 0.799. The monoisotopic (exact) mass is 516 g/mol. The fourth-order valence-electron chi connectivity index (χ4n) is 5.54. The average molecular weight is 517 g/mol. The molecule has 178 valence electrons. The molecule has 4 aromatic carbocycles. The van der Waals surface area contributed by atoms with E-state index in [4.69, 9.17) is 17.2 Å². The van der Waals surface area contributed by atoms with E-state index in [0.29, 0.717) is 10.7 Å². The standard InChI is InChI=1S/C29H20N6S2/c1-13(2)28-32-24-16-5-3-14(9-19(16)21-11-30-12-31-22(21)26(24)33-28)15-4-6-17-20(10-15)27-18(7-8-37-27)25-23(17)34-29(36)35-25/h3-13H,1-2H3,(H,32,33)(H2,34,35,36). The molecule has 0 saturated carbocycles. The molecule has 8 heteroatoms. The first-order valence-electron chi connectivity index (χ1n) is 12.2. The number of nitrogens with one attached hydrogen (secondary N) is 3. The van der Waals surface area contributed by atoms with Crippen LogP contribution in [-0.2, 0) is 0 Å². The van der Waals surface area contributed by atoms with Crippen molar-refractivity contribution in [2.45, 2.75) is 19.8 Å². The third-order valence-corrected chi connectivity index (χ3v) is 8.46. The summed E-state index contributed by atoms with van der Waals surface area (Å²) in [7, 11) is 0. The second-order valence-corrected chi connectivity index (χ2v) is 11.1. The zero-order valence-corrected chi connectivity index (χ0v) is 21.6. The molecule has 0 aliphatic rings. The highest BCUT2D eigenvalue weighted by Crippen LogP contribution is 2.40. The largest absolute Gasteiger partial charge is 0.340 e. The van der Waals surface area contributed by atoms with Gasteiger partial charge in [-0.25, -0.2) is 15.0 Å². The summed E-state index contributed by atoms with van der Waals surface area (Å²) in [5.74, 6) is 1.27. The van der Waals surface area contributed by atoms with Gasteiger partial charge in [0.05, 0.1) is 27.6 Å². The van der Waals surface area contributed by atoms with Crippen LogP contribution in [0.1, 0.15) is 25.6 Å². The summed E-state index contributed by atoms with van der Waals surface area (Å²) >= 11 is 7.18. The van der Waals surface area contributed by atoms with Crippen LogP contribution in [0.25, 0.3) is 75.7 Å². The van der Waals surface area contributed by atoms with E-state index in [9.17, 15) is 0 Å². The van der Waals surface area contributed by atoms with Gasteiger partial charge in [-0.15, -0.1) is 11.3 Å². The number of aromatic nitrogens is 6. The Kier molecular flexibility index (Phi) is 4.22. The topological polar surface area (TPSA) is 86.0 Å². The van der Waals surface area contributed by atoms with Crippen molar-refractivity contribution in [1.29, 1.82) is 0 Å². The minimum atomic E-state index is 0.297. The minimum Gasteiger partial charge on any atom is -0.340 e. The molecule has 4 heterocycles. The van der Waals surface area contributed by atoms with Crippen LogP contribution < -0.4 is 0 Å². The second-order valence-electron chi connectivity index (χ2n) is 9.80. The van der Waals surface area contributed by atoms with Gasteiger partial charge in [0.1, 0.15) is 12.2 Å². The molecule has 8 rings (SSSR count). The fraction of sp³-hybridized carbons (Fsp3) is 0.103. The van der Waals surface area contributed by atoms with E-state index in [1.54, 1.807) is 17.7 Å². The number of aromatic amines is 3. The summed E-state index contributed by atoms with van der Waals surface area (Å²) in [6, 6.07) is 15.5. The second kappa shape index (κ2) is 7.44. The lowest BCUT2D eigenvalue weighted by atomic mass is 9.96. The summed E-state index contributed by atoms with van der Waals surface area (Å²) in [5, 5.41) is 8.96. The molecule has 0 fully saturated rings. The molecule has 0 atom stereocenters. The summed E-state index contributed by atoms with van der Waals surface area (Å²) in [6.07, 6.45) is 3.51. The first-order chi connectivity index (χ1) is 18.1. The molecular formula is C29H20N6S2. The van der Waals surface area contributed by atoms with Crippen LogP contribution >= 0.6 is 23.6 Å². The van der Waals surface area contributed by atoms with Crippen LogP contribution in [0, 0.1) is 4.77 Å². The number of H-pyrrole nitrogens is 3. The van der Waals surface area contributed by atoms with Crippen molar-refractivity contribution in [3.63, 3.8) is 0 Å². The lowest BCUT2D eigenvalue weighted by Gasteiger charge is -2.10. The first kappa shape index (κ1) is 21.0. The molecule has 0 saturated heterocycles. The van der Waals surface area contributed by atoms with E-state index < -0.39 is 0 Å². The van der Waals surface area contributed by atoms with E-state index in [1.165, 1.54) is 20.9 Å². The number of thiophene rings is 1. The molecule has 6 nitrogen and oxygen atoms in total. The molecule has 0 bridgehead atoms. The van der Waals surface area contributed by atoms with Crippen molar-refractivity contribution in [2.24, 2.45) is 0 Å². The molecule has 37 heavy (non-hydrogen) atoms. The highest BCUT2D eigenvalue weighted by Gasteiger charge is 2.17. The molecule has 4 aromatic heterocycles. The Morgan fingerprint density at radius 3 is 2.32 bits per heavy atom. The number of rotatable bonds is 2. The van der Waals surface area contributed by atoms with Crippen LogP contribution in [0.15, 0.2) is 60.4 Å². The number of fused-ring (bicyclic) bond motifs is 12. The zero-order chi connectivity index (χ0) is 24.8. The Balaban J connectivity index is 1.43. The van der Waals surface area contributed by atoms with Crippen molar-refractivity contribution in [3.8, 4) is 11.1 Å². The van der Waals surface area contributed by atoms with Crippen molar-refractivity contribution < 1.29 is 0 Å². The Morgan fingerprint density at radius 1 is 0.757 bits per heavy atom. The fourth-order valence-corrected chi connectivity index (χ4v) is 6.68. The maximum Gasteiger partial charge on any atom is 0.175 e. The van der Waals surface area contributed by atoms with Gasteiger partial charge >= 0.3 is 0 Å². The third kappa shape index (κ3) is 2.91. The van der Waals surface area contributed by atoms with Gasteiger partial charge in [-0.05, 0) is 52.3 Å². The van der Waals surface area contributed by atoms with Crippen LogP contribution in [0.5, 0.6) is 0 Å². The van der Waals surface area contributed by atoms with Crippen molar-refractivity contribution in [3.05, 3.63) is 71.0 Å². The van der Waals surface area contributed by atoms with Crippen LogP contribution in [-0.4, -0.2) is 29.9 Å². The molecule has 0 aliphatic carbocycles. The molecular weight excluding hydrogens is 496 g/mol. The van der Waals surface area contributed by atoms with Gasteiger partial charge < -0.3 is 15.0 Å². The van der Waals surface area contributed by atoms with E-state index in [1.807, 2.05) is 6.20 Å². The molecule has 0 radical (unpaired) electrons. The normalized spacial score (nSPS) is 12.4. The number of imidazole rings is 2. The zero-order valence-electron chi connectivity index (χ0n) is 20.0. The lowest BCUT2D eigenvalue weighted by Crippen LogP contribution is -1.88. The van der Waals surface area contributed by atoms with Gasteiger partial charge in [0.15, 0.2) is 4.77 Å². The Hall–Kier alpha value is -4.14. The van der Waals surface area contributed by atoms with E-state index in [0.717, 1.165) is 60.7 Å². The van der Waals surface area contributed by atoms with Crippen molar-refractivity contribution in [2.75, 3.05) is 0 Å². The maximum atomic E-state index is 5.42. The number of nitrogens with zero attached hydrogens (tertiary/aromatic N) is 3. The molecule has 0 aliphatic heterocycles. The Labute approximate surface area is 219 Å². The van der Waals surface area contributed by atoms with Gasteiger partial charge in [0, 0.05) is 43.7 Å². The van der Waals surface area contributed by atoms with E-state index >= 15 is 0 Å². The molecule has 3 N–H and O–H groups in total. The van der Waals surface area contributed by atoms with Gasteiger partial charge in [0.2, 0.25) is 0 Å². The predicted octanol–water partition coefficient (Wildman–Crippen LogP) is 8.36. The molecule has 0 unspecified atom stereocenters.